The fraction of sp³-hybridized carbons (Fsp3) is 0.611. The van der Waals surface area contributed by atoms with Crippen molar-refractivity contribution >= 4 is 29.9 Å². The largest absolute Gasteiger partial charge is 0.378 e. The average Bonchev–Trinajstić information content (AvgIpc) is 2.88. The fourth-order valence-electron chi connectivity index (χ4n) is 3.84. The summed E-state index contributed by atoms with van der Waals surface area (Å²) >= 11 is 6.04. The van der Waals surface area contributed by atoms with E-state index in [1.807, 2.05) is 39.0 Å². The number of benzene rings is 1. The van der Waals surface area contributed by atoms with Crippen LogP contribution >= 0.6 is 24.0 Å². The lowest BCUT2D eigenvalue weighted by Crippen LogP contribution is -2.75. The van der Waals surface area contributed by atoms with E-state index in [0.717, 1.165) is 23.4 Å². The highest BCUT2D eigenvalue weighted by Crippen LogP contribution is 2.50. The van der Waals surface area contributed by atoms with E-state index < -0.39 is 5.54 Å². The Hall–Kier alpha value is -0.810. The number of halogens is 2. The number of hydrogen-bond donors (Lipinski definition) is 2. The number of rotatable bonds is 4. The highest BCUT2D eigenvalue weighted by atomic mass is 35.5. The van der Waals surface area contributed by atoms with Gasteiger partial charge < -0.3 is 15.8 Å². The van der Waals surface area contributed by atoms with Crippen LogP contribution < -0.4 is 11.1 Å². The van der Waals surface area contributed by atoms with Crippen molar-refractivity contribution in [3.63, 3.8) is 0 Å². The highest BCUT2D eigenvalue weighted by molar-refractivity contribution is 6.30. The molecule has 0 spiro atoms. The molecule has 3 rings (SSSR count). The smallest absolute Gasteiger partial charge is 0.241 e. The van der Waals surface area contributed by atoms with E-state index in [0.29, 0.717) is 13.0 Å². The lowest BCUT2D eigenvalue weighted by atomic mass is 9.54. The van der Waals surface area contributed by atoms with Crippen LogP contribution in [0, 0.1) is 5.41 Å². The van der Waals surface area contributed by atoms with Crippen LogP contribution in [0.2, 0.25) is 5.02 Å². The van der Waals surface area contributed by atoms with E-state index in [9.17, 15) is 4.79 Å². The molecule has 1 fully saturated rings. The van der Waals surface area contributed by atoms with Gasteiger partial charge >= 0.3 is 0 Å². The molecule has 1 aromatic rings. The van der Waals surface area contributed by atoms with Gasteiger partial charge in [0.1, 0.15) is 5.54 Å². The summed E-state index contributed by atoms with van der Waals surface area (Å²) in [7, 11) is 0. The Bertz CT molecular complexity index is 635. The molecule has 0 heterocycles. The first kappa shape index (κ1) is 19.5. The minimum Gasteiger partial charge on any atom is -0.378 e. The molecule has 1 amide bonds. The third-order valence-corrected chi connectivity index (χ3v) is 5.96. The van der Waals surface area contributed by atoms with Gasteiger partial charge in [-0.2, -0.15) is 0 Å². The van der Waals surface area contributed by atoms with Gasteiger partial charge in [0, 0.05) is 23.5 Å². The maximum absolute atomic E-state index is 12.8. The van der Waals surface area contributed by atoms with Crippen LogP contribution in [0.4, 0.5) is 0 Å². The number of carbonyl (C=O) groups excluding carboxylic acids is 1. The molecule has 6 heteroatoms. The molecule has 3 N–H and O–H groups in total. The Labute approximate surface area is 154 Å². The van der Waals surface area contributed by atoms with Crippen LogP contribution in [0.5, 0.6) is 0 Å². The van der Waals surface area contributed by atoms with Crippen molar-refractivity contribution in [2.24, 2.45) is 11.1 Å². The van der Waals surface area contributed by atoms with E-state index in [4.69, 9.17) is 22.1 Å². The van der Waals surface area contributed by atoms with Crippen molar-refractivity contribution < 1.29 is 9.53 Å². The first-order valence-electron chi connectivity index (χ1n) is 8.29. The molecule has 1 saturated carbocycles. The van der Waals surface area contributed by atoms with Crippen molar-refractivity contribution in [2.45, 2.75) is 57.7 Å². The summed E-state index contributed by atoms with van der Waals surface area (Å²) in [6.07, 6.45) is 2.44. The molecule has 4 nitrogen and oxygen atoms in total. The Balaban J connectivity index is 0.00000208. The van der Waals surface area contributed by atoms with Crippen LogP contribution in [0.25, 0.3) is 0 Å². The van der Waals surface area contributed by atoms with Crippen molar-refractivity contribution in [1.82, 2.24) is 5.32 Å². The summed E-state index contributed by atoms with van der Waals surface area (Å²) in [6, 6.07) is 5.90. The molecule has 134 valence electrons. The lowest BCUT2D eigenvalue weighted by Gasteiger charge is -2.57. The number of nitrogens with two attached hydrogens (primary N) is 1. The van der Waals surface area contributed by atoms with E-state index >= 15 is 0 Å². The number of aryl methyl sites for hydroxylation is 1. The van der Waals surface area contributed by atoms with Crippen LogP contribution in [0.15, 0.2) is 18.2 Å². The molecule has 3 unspecified atom stereocenters. The van der Waals surface area contributed by atoms with Gasteiger partial charge in [-0.05, 0) is 43.0 Å². The standard InChI is InChI=1S/C18H25ClN2O2.ClH/c1-4-23-15-10-18(20,17(15,2)3)16(22)21-14-8-5-11-9-12(19)6-7-13(11)14;/h6-7,9,14-15H,4-5,8,10,20H2,1-3H3,(H,21,22);1H. The van der Waals surface area contributed by atoms with E-state index in [2.05, 4.69) is 5.32 Å². The summed E-state index contributed by atoms with van der Waals surface area (Å²) in [5.41, 5.74) is 7.59. The van der Waals surface area contributed by atoms with Crippen molar-refractivity contribution in [3.05, 3.63) is 34.3 Å². The molecular weight excluding hydrogens is 347 g/mol. The van der Waals surface area contributed by atoms with Crippen molar-refractivity contribution in [1.29, 1.82) is 0 Å². The van der Waals surface area contributed by atoms with E-state index in [1.54, 1.807) is 0 Å². The molecule has 0 radical (unpaired) electrons. The maximum atomic E-state index is 12.8. The van der Waals surface area contributed by atoms with Gasteiger partial charge in [0.05, 0.1) is 12.1 Å². The van der Waals surface area contributed by atoms with Crippen molar-refractivity contribution in [3.8, 4) is 0 Å². The summed E-state index contributed by atoms with van der Waals surface area (Å²) < 4.78 is 5.70. The van der Waals surface area contributed by atoms with Gasteiger partial charge in [-0.3, -0.25) is 4.79 Å². The second kappa shape index (κ2) is 6.83. The molecule has 2 aliphatic carbocycles. The Morgan fingerprint density at radius 3 is 2.79 bits per heavy atom. The monoisotopic (exact) mass is 372 g/mol. The fourth-order valence-corrected chi connectivity index (χ4v) is 4.04. The second-order valence-corrected chi connectivity index (χ2v) is 7.69. The number of hydrogen-bond acceptors (Lipinski definition) is 3. The number of amides is 1. The predicted molar refractivity (Wildman–Crippen MR) is 98.6 cm³/mol. The first-order chi connectivity index (χ1) is 10.8. The third kappa shape index (κ3) is 2.94. The zero-order valence-electron chi connectivity index (χ0n) is 14.4. The lowest BCUT2D eigenvalue weighted by molar-refractivity contribution is -0.171. The third-order valence-electron chi connectivity index (χ3n) is 5.72. The molecule has 2 aliphatic rings. The molecule has 0 bridgehead atoms. The van der Waals surface area contributed by atoms with Crippen molar-refractivity contribution in [2.75, 3.05) is 6.61 Å². The Morgan fingerprint density at radius 2 is 2.17 bits per heavy atom. The van der Waals surface area contributed by atoms with Crippen LogP contribution in [0.1, 0.15) is 50.8 Å². The van der Waals surface area contributed by atoms with Gasteiger partial charge in [-0.1, -0.05) is 31.5 Å². The van der Waals surface area contributed by atoms with Gasteiger partial charge in [0.15, 0.2) is 0 Å². The maximum Gasteiger partial charge on any atom is 0.241 e. The molecule has 0 aliphatic heterocycles. The summed E-state index contributed by atoms with van der Waals surface area (Å²) in [6.45, 7) is 6.63. The Kier molecular flexibility index (Phi) is 5.55. The van der Waals surface area contributed by atoms with Gasteiger partial charge in [0.25, 0.3) is 0 Å². The minimum absolute atomic E-state index is 0. The topological polar surface area (TPSA) is 64.3 Å². The van der Waals surface area contributed by atoms with Gasteiger partial charge in [-0.15, -0.1) is 12.4 Å². The van der Waals surface area contributed by atoms with Crippen LogP contribution in [0.3, 0.4) is 0 Å². The van der Waals surface area contributed by atoms with Crippen LogP contribution in [-0.2, 0) is 16.0 Å². The molecule has 0 saturated heterocycles. The molecular formula is C18H26Cl2N2O2. The van der Waals surface area contributed by atoms with Gasteiger partial charge in [-0.25, -0.2) is 0 Å². The summed E-state index contributed by atoms with van der Waals surface area (Å²) in [5.74, 6) is -0.0775. The quantitative estimate of drug-likeness (QED) is 0.850. The first-order valence-corrected chi connectivity index (χ1v) is 8.67. The van der Waals surface area contributed by atoms with E-state index in [-0.39, 0.29) is 35.9 Å². The number of carbonyl (C=O) groups is 1. The van der Waals surface area contributed by atoms with Gasteiger partial charge in [0.2, 0.25) is 5.91 Å². The molecule has 1 aromatic carbocycles. The Morgan fingerprint density at radius 1 is 1.46 bits per heavy atom. The summed E-state index contributed by atoms with van der Waals surface area (Å²) in [5, 5.41) is 3.89. The van der Waals surface area contributed by atoms with E-state index in [1.165, 1.54) is 5.56 Å². The zero-order chi connectivity index (χ0) is 16.8. The average molecular weight is 373 g/mol. The summed E-state index contributed by atoms with van der Waals surface area (Å²) in [4.78, 5) is 12.8. The molecule has 0 aromatic heterocycles. The highest BCUT2D eigenvalue weighted by Gasteiger charge is 2.63. The predicted octanol–water partition coefficient (Wildman–Crippen LogP) is 3.40. The SMILES string of the molecule is CCOC1CC(N)(C(=O)NC2CCc3cc(Cl)ccc32)C1(C)C.Cl. The minimum atomic E-state index is -0.873. The normalized spacial score (nSPS) is 30.0. The zero-order valence-corrected chi connectivity index (χ0v) is 16.0. The molecule has 3 atom stereocenters. The number of fused-ring (bicyclic) bond motifs is 1. The van der Waals surface area contributed by atoms with Crippen LogP contribution in [-0.4, -0.2) is 24.2 Å². The second-order valence-electron chi connectivity index (χ2n) is 7.25. The number of ether oxygens (including phenoxy) is 1. The molecule has 24 heavy (non-hydrogen) atoms. The number of nitrogens with one attached hydrogen (secondary N) is 1.